The summed E-state index contributed by atoms with van der Waals surface area (Å²) in [5.41, 5.74) is 0.860. The molecule has 0 bridgehead atoms. The van der Waals surface area contributed by atoms with E-state index in [9.17, 15) is 10.0 Å². The highest BCUT2D eigenvalue weighted by molar-refractivity contribution is 5.89. The van der Waals surface area contributed by atoms with E-state index in [4.69, 9.17) is 4.74 Å². The Morgan fingerprint density at radius 2 is 2.11 bits per heavy atom. The zero-order chi connectivity index (χ0) is 13.9. The van der Waals surface area contributed by atoms with Gasteiger partial charge in [-0.2, -0.15) is 0 Å². The van der Waals surface area contributed by atoms with Gasteiger partial charge in [0.1, 0.15) is 12.2 Å². The third-order valence-electron chi connectivity index (χ3n) is 3.15. The molecular weight excluding hydrogens is 244 g/mol. The van der Waals surface area contributed by atoms with Gasteiger partial charge in [0.25, 0.3) is 0 Å². The van der Waals surface area contributed by atoms with Crippen LogP contribution in [0, 0.1) is 5.21 Å². The predicted molar refractivity (Wildman–Crippen MR) is 71.7 cm³/mol. The van der Waals surface area contributed by atoms with Gasteiger partial charge in [-0.1, -0.05) is 30.3 Å². The lowest BCUT2D eigenvalue weighted by Gasteiger charge is -2.40. The number of esters is 1. The van der Waals surface area contributed by atoms with Crippen molar-refractivity contribution in [3.8, 4) is 0 Å². The standard InChI is InChI=1S/C14H16N2O3/c1-3-19-14(17)13-9-15-10-16(13,18)11(2)12-7-5-4-6-8-12/h4-11H,3H2,1-2H3/t11?,16-/m1/s1. The van der Waals surface area contributed by atoms with Crippen LogP contribution >= 0.6 is 0 Å². The molecule has 2 atom stereocenters. The highest BCUT2D eigenvalue weighted by atomic mass is 16.6. The number of carbonyl (C=O) groups excluding carboxylic acids is 1. The Morgan fingerprint density at radius 1 is 1.42 bits per heavy atom. The molecule has 1 aromatic carbocycles. The number of hydrogen-bond acceptors (Lipinski definition) is 4. The molecule has 0 fully saturated rings. The minimum atomic E-state index is -0.914. The van der Waals surface area contributed by atoms with Gasteiger partial charge in [0.05, 0.1) is 6.61 Å². The summed E-state index contributed by atoms with van der Waals surface area (Å²) in [6.45, 7) is 3.71. The zero-order valence-corrected chi connectivity index (χ0v) is 10.9. The number of benzene rings is 1. The topological polar surface area (TPSA) is 61.7 Å². The third kappa shape index (κ3) is 2.43. The van der Waals surface area contributed by atoms with Gasteiger partial charge in [0, 0.05) is 5.56 Å². The van der Waals surface area contributed by atoms with Gasteiger partial charge in [0.15, 0.2) is 6.34 Å². The molecule has 1 aromatic rings. The minimum Gasteiger partial charge on any atom is -0.620 e. The second kappa shape index (κ2) is 5.34. The monoisotopic (exact) mass is 260 g/mol. The first kappa shape index (κ1) is 13.5. The van der Waals surface area contributed by atoms with Crippen LogP contribution in [0.15, 0.2) is 47.2 Å². The van der Waals surface area contributed by atoms with Gasteiger partial charge in [-0.15, -0.1) is 0 Å². The largest absolute Gasteiger partial charge is 0.620 e. The van der Waals surface area contributed by atoms with Crippen LogP contribution in [0.1, 0.15) is 25.5 Å². The second-order valence-electron chi connectivity index (χ2n) is 4.30. The fourth-order valence-corrected chi connectivity index (χ4v) is 2.02. The van der Waals surface area contributed by atoms with Gasteiger partial charge < -0.3 is 9.94 Å². The van der Waals surface area contributed by atoms with Crippen LogP contribution in [0.3, 0.4) is 0 Å². The summed E-state index contributed by atoms with van der Waals surface area (Å²) in [7, 11) is 0. The van der Waals surface area contributed by atoms with Crippen molar-refractivity contribution in [1.29, 1.82) is 0 Å². The molecule has 1 heterocycles. The lowest BCUT2D eigenvalue weighted by Crippen LogP contribution is -2.43. The van der Waals surface area contributed by atoms with Crippen LogP contribution in [0.25, 0.3) is 0 Å². The molecule has 1 aliphatic rings. The van der Waals surface area contributed by atoms with Crippen LogP contribution in [-0.2, 0) is 9.53 Å². The van der Waals surface area contributed by atoms with Crippen LogP contribution in [-0.4, -0.2) is 23.6 Å². The van der Waals surface area contributed by atoms with E-state index < -0.39 is 16.7 Å². The number of quaternary nitrogens is 1. The van der Waals surface area contributed by atoms with E-state index in [-0.39, 0.29) is 12.3 Å². The van der Waals surface area contributed by atoms with Crippen molar-refractivity contribution in [2.75, 3.05) is 6.61 Å². The van der Waals surface area contributed by atoms with Crippen molar-refractivity contribution in [2.24, 2.45) is 4.99 Å². The first-order valence-electron chi connectivity index (χ1n) is 6.16. The molecule has 0 radical (unpaired) electrons. The predicted octanol–water partition coefficient (Wildman–Crippen LogP) is 2.51. The summed E-state index contributed by atoms with van der Waals surface area (Å²) < 4.78 is 3.99. The van der Waals surface area contributed by atoms with Crippen molar-refractivity contribution >= 4 is 12.3 Å². The molecule has 100 valence electrons. The van der Waals surface area contributed by atoms with Gasteiger partial charge in [-0.05, 0) is 13.8 Å². The normalized spacial score (nSPS) is 23.0. The molecule has 1 aliphatic heterocycles. The maximum absolute atomic E-state index is 12.9. The number of hydrogen-bond donors (Lipinski definition) is 0. The Hall–Kier alpha value is -1.98. The smallest absolute Gasteiger partial charge is 0.395 e. The molecule has 0 spiro atoms. The van der Waals surface area contributed by atoms with E-state index in [1.165, 1.54) is 12.5 Å². The van der Waals surface area contributed by atoms with Gasteiger partial charge >= 0.3 is 5.97 Å². The first-order chi connectivity index (χ1) is 9.09. The van der Waals surface area contributed by atoms with Gasteiger partial charge in [-0.3, -0.25) is 4.65 Å². The summed E-state index contributed by atoms with van der Waals surface area (Å²) in [5, 5.41) is 12.9. The number of hydroxylamine groups is 3. The average molecular weight is 260 g/mol. The number of rotatable bonds is 4. The number of nitrogens with zero attached hydrogens (tertiary/aromatic N) is 2. The van der Waals surface area contributed by atoms with Crippen molar-refractivity contribution in [3.05, 3.63) is 53.0 Å². The molecule has 0 aliphatic carbocycles. The fourth-order valence-electron chi connectivity index (χ4n) is 2.02. The molecule has 0 N–H and O–H groups in total. The molecule has 0 saturated heterocycles. The van der Waals surface area contributed by atoms with Gasteiger partial charge in [0.2, 0.25) is 5.70 Å². The maximum Gasteiger partial charge on any atom is 0.395 e. The molecule has 0 amide bonds. The fraction of sp³-hybridized carbons (Fsp3) is 0.286. The average Bonchev–Trinajstić information content (AvgIpc) is 2.82. The summed E-state index contributed by atoms with van der Waals surface area (Å²) in [5.74, 6) is -0.613. The lowest BCUT2D eigenvalue weighted by atomic mass is 10.1. The van der Waals surface area contributed by atoms with Crippen molar-refractivity contribution in [1.82, 2.24) is 0 Å². The van der Waals surface area contributed by atoms with Gasteiger partial charge in [-0.25, -0.2) is 9.79 Å². The molecule has 5 heteroatoms. The van der Waals surface area contributed by atoms with Crippen LogP contribution < -0.4 is 0 Å². The Bertz CT molecular complexity index is 525. The summed E-state index contributed by atoms with van der Waals surface area (Å²) >= 11 is 0. The lowest BCUT2D eigenvalue weighted by molar-refractivity contribution is -0.768. The zero-order valence-electron chi connectivity index (χ0n) is 10.9. The number of ether oxygens (including phenoxy) is 1. The number of carbonyl (C=O) groups is 1. The van der Waals surface area contributed by atoms with E-state index in [1.807, 2.05) is 30.3 Å². The Labute approximate surface area is 112 Å². The van der Waals surface area contributed by atoms with Crippen LogP contribution in [0.5, 0.6) is 0 Å². The van der Waals surface area contributed by atoms with E-state index in [0.717, 1.165) is 5.56 Å². The second-order valence-corrected chi connectivity index (χ2v) is 4.30. The van der Waals surface area contributed by atoms with Crippen molar-refractivity contribution in [3.63, 3.8) is 0 Å². The van der Waals surface area contributed by atoms with E-state index in [2.05, 4.69) is 4.99 Å². The highest BCUT2D eigenvalue weighted by Crippen LogP contribution is 2.34. The summed E-state index contributed by atoms with van der Waals surface area (Å²) in [6, 6.07) is 8.86. The Morgan fingerprint density at radius 3 is 2.74 bits per heavy atom. The SMILES string of the molecule is CCOC(=O)C1=CN=C[N@@+]1([O-])C(C)c1ccccc1. The Kier molecular flexibility index (Phi) is 3.78. The van der Waals surface area contributed by atoms with Crippen molar-refractivity contribution < 1.29 is 14.2 Å². The molecule has 0 aromatic heterocycles. The van der Waals surface area contributed by atoms with E-state index in [0.29, 0.717) is 0 Å². The number of aliphatic imine (C=N–C) groups is 1. The molecular formula is C14H16N2O3. The van der Waals surface area contributed by atoms with Crippen LogP contribution in [0.4, 0.5) is 0 Å². The van der Waals surface area contributed by atoms with E-state index >= 15 is 0 Å². The minimum absolute atomic E-state index is 0.0122. The summed E-state index contributed by atoms with van der Waals surface area (Å²) in [4.78, 5) is 15.7. The molecule has 5 nitrogen and oxygen atoms in total. The quantitative estimate of drug-likeness (QED) is 0.474. The van der Waals surface area contributed by atoms with Crippen LogP contribution in [0.2, 0.25) is 0 Å². The molecule has 19 heavy (non-hydrogen) atoms. The summed E-state index contributed by atoms with van der Waals surface area (Å²) in [6.07, 6.45) is 2.51. The third-order valence-corrected chi connectivity index (χ3v) is 3.15. The highest BCUT2D eigenvalue weighted by Gasteiger charge is 2.38. The first-order valence-corrected chi connectivity index (χ1v) is 6.16. The molecule has 2 rings (SSSR count). The Balaban J connectivity index is 2.29. The molecule has 0 saturated carbocycles. The van der Waals surface area contributed by atoms with E-state index in [1.54, 1.807) is 13.8 Å². The molecule has 1 unspecified atom stereocenters. The van der Waals surface area contributed by atoms with Crippen molar-refractivity contribution in [2.45, 2.75) is 19.9 Å². The maximum atomic E-state index is 12.9.